The van der Waals surface area contributed by atoms with Gasteiger partial charge in [-0.2, -0.15) is 0 Å². The second-order valence-electron chi connectivity index (χ2n) is 4.79. The summed E-state index contributed by atoms with van der Waals surface area (Å²) in [5, 5.41) is 0. The van der Waals surface area contributed by atoms with Crippen molar-refractivity contribution in [3.8, 4) is 0 Å². The van der Waals surface area contributed by atoms with E-state index in [1.165, 1.54) is 5.56 Å². The smallest absolute Gasteiger partial charge is 0.233 e. The molecule has 1 aromatic rings. The van der Waals surface area contributed by atoms with Crippen molar-refractivity contribution >= 4 is 11.6 Å². The molecule has 16 heavy (non-hydrogen) atoms. The van der Waals surface area contributed by atoms with Gasteiger partial charge >= 0.3 is 0 Å². The number of carbonyl (C=O) groups excluding carboxylic acids is 1. The summed E-state index contributed by atoms with van der Waals surface area (Å²) in [6.07, 6.45) is 0. The minimum absolute atomic E-state index is 0.0406. The number of hydrogen-bond acceptors (Lipinski definition) is 2. The number of aryl methyl sites for hydroxylation is 1. The predicted octanol–water partition coefficient (Wildman–Crippen LogP) is 1.94. The zero-order chi connectivity index (χ0) is 12.3. The van der Waals surface area contributed by atoms with Crippen LogP contribution in [0.3, 0.4) is 0 Å². The molecule has 0 bridgehead atoms. The minimum Gasteiger partial charge on any atom is -0.329 e. The summed E-state index contributed by atoms with van der Waals surface area (Å²) in [6.45, 7) is 6.09. The van der Waals surface area contributed by atoms with E-state index in [-0.39, 0.29) is 5.91 Å². The summed E-state index contributed by atoms with van der Waals surface area (Å²) in [5.41, 5.74) is 7.17. The summed E-state index contributed by atoms with van der Waals surface area (Å²) < 4.78 is 0. The maximum absolute atomic E-state index is 12.1. The fourth-order valence-corrected chi connectivity index (χ4v) is 1.43. The molecule has 0 aliphatic carbocycles. The molecule has 0 spiro atoms. The van der Waals surface area contributed by atoms with Gasteiger partial charge < -0.3 is 10.6 Å². The molecule has 0 saturated carbocycles. The van der Waals surface area contributed by atoms with Crippen LogP contribution in [-0.4, -0.2) is 19.5 Å². The van der Waals surface area contributed by atoms with Gasteiger partial charge in [0.2, 0.25) is 5.91 Å². The molecule has 88 valence electrons. The summed E-state index contributed by atoms with van der Waals surface area (Å²) in [6, 6.07) is 7.88. The molecular weight excluding hydrogens is 200 g/mol. The average Bonchev–Trinajstić information content (AvgIpc) is 2.28. The maximum Gasteiger partial charge on any atom is 0.233 e. The number of carbonyl (C=O) groups is 1. The number of nitrogens with zero attached hydrogens (tertiary/aromatic N) is 1. The number of benzene rings is 1. The number of hydrogen-bond donors (Lipinski definition) is 1. The standard InChI is InChI=1S/C13H20N2O/c1-10-5-7-11(8-6-10)15(4)12(16)13(2,3)9-14/h5-8H,9,14H2,1-4H3. The first kappa shape index (κ1) is 12.7. The number of nitrogens with two attached hydrogens (primary N) is 1. The monoisotopic (exact) mass is 220 g/mol. The summed E-state index contributed by atoms with van der Waals surface area (Å²) >= 11 is 0. The van der Waals surface area contributed by atoms with Gasteiger partial charge in [-0.3, -0.25) is 4.79 Å². The lowest BCUT2D eigenvalue weighted by Gasteiger charge is -2.28. The topological polar surface area (TPSA) is 46.3 Å². The molecule has 3 nitrogen and oxygen atoms in total. The molecule has 0 unspecified atom stereocenters. The Kier molecular flexibility index (Phi) is 3.70. The van der Waals surface area contributed by atoms with Crippen molar-refractivity contribution in [1.82, 2.24) is 0 Å². The Labute approximate surface area is 97.2 Å². The molecule has 0 aliphatic heterocycles. The molecule has 0 fully saturated rings. The first-order valence-electron chi connectivity index (χ1n) is 5.43. The van der Waals surface area contributed by atoms with Gasteiger partial charge in [-0.1, -0.05) is 17.7 Å². The Bertz CT molecular complexity index is 368. The van der Waals surface area contributed by atoms with Crippen LogP contribution in [0.5, 0.6) is 0 Å². The van der Waals surface area contributed by atoms with Gasteiger partial charge in [0.25, 0.3) is 0 Å². The van der Waals surface area contributed by atoms with Crippen LogP contribution in [0.4, 0.5) is 5.69 Å². The van der Waals surface area contributed by atoms with Gasteiger partial charge in [0.1, 0.15) is 0 Å². The first-order chi connectivity index (χ1) is 7.38. The quantitative estimate of drug-likeness (QED) is 0.846. The van der Waals surface area contributed by atoms with Crippen LogP contribution in [0.1, 0.15) is 19.4 Å². The number of rotatable bonds is 3. The van der Waals surface area contributed by atoms with Crippen molar-refractivity contribution in [3.63, 3.8) is 0 Å². The molecule has 2 N–H and O–H groups in total. The highest BCUT2D eigenvalue weighted by Crippen LogP contribution is 2.21. The van der Waals surface area contributed by atoms with Gasteiger partial charge in [-0.25, -0.2) is 0 Å². The molecular formula is C13H20N2O. The van der Waals surface area contributed by atoms with Crippen molar-refractivity contribution in [2.24, 2.45) is 11.1 Å². The fraction of sp³-hybridized carbons (Fsp3) is 0.462. The Hall–Kier alpha value is -1.35. The highest BCUT2D eigenvalue weighted by molar-refractivity contribution is 5.96. The van der Waals surface area contributed by atoms with Crippen LogP contribution in [0.15, 0.2) is 24.3 Å². The van der Waals surface area contributed by atoms with E-state index in [1.807, 2.05) is 45.0 Å². The largest absolute Gasteiger partial charge is 0.329 e. The Balaban J connectivity index is 2.90. The van der Waals surface area contributed by atoms with Crippen molar-refractivity contribution < 1.29 is 4.79 Å². The average molecular weight is 220 g/mol. The Morgan fingerprint density at radius 2 is 1.81 bits per heavy atom. The molecule has 0 heterocycles. The Morgan fingerprint density at radius 1 is 1.31 bits per heavy atom. The molecule has 0 aliphatic rings. The lowest BCUT2D eigenvalue weighted by atomic mass is 9.92. The molecule has 1 aromatic carbocycles. The fourth-order valence-electron chi connectivity index (χ4n) is 1.43. The van der Waals surface area contributed by atoms with Crippen molar-refractivity contribution in [2.45, 2.75) is 20.8 Å². The third-order valence-electron chi connectivity index (χ3n) is 2.82. The van der Waals surface area contributed by atoms with Crippen molar-refractivity contribution in [1.29, 1.82) is 0 Å². The van der Waals surface area contributed by atoms with E-state index >= 15 is 0 Å². The van der Waals surface area contributed by atoms with E-state index in [4.69, 9.17) is 5.73 Å². The second-order valence-corrected chi connectivity index (χ2v) is 4.79. The maximum atomic E-state index is 12.1. The van der Waals surface area contributed by atoms with Crippen LogP contribution in [0.2, 0.25) is 0 Å². The highest BCUT2D eigenvalue weighted by Gasteiger charge is 2.29. The zero-order valence-electron chi connectivity index (χ0n) is 10.4. The van der Waals surface area contributed by atoms with Gasteiger partial charge in [0.05, 0.1) is 5.41 Å². The molecule has 0 saturated heterocycles. The first-order valence-corrected chi connectivity index (χ1v) is 5.43. The van der Waals surface area contributed by atoms with E-state index in [2.05, 4.69) is 0 Å². The molecule has 1 amide bonds. The highest BCUT2D eigenvalue weighted by atomic mass is 16.2. The third-order valence-corrected chi connectivity index (χ3v) is 2.82. The van der Waals surface area contributed by atoms with Crippen LogP contribution >= 0.6 is 0 Å². The second kappa shape index (κ2) is 4.66. The van der Waals surface area contributed by atoms with E-state index in [0.29, 0.717) is 6.54 Å². The lowest BCUT2D eigenvalue weighted by molar-refractivity contribution is -0.125. The van der Waals surface area contributed by atoms with Gasteiger partial charge in [-0.15, -0.1) is 0 Å². The van der Waals surface area contributed by atoms with E-state index in [9.17, 15) is 4.79 Å². The summed E-state index contributed by atoms with van der Waals surface area (Å²) in [5.74, 6) is 0.0406. The van der Waals surface area contributed by atoms with E-state index in [0.717, 1.165) is 5.69 Å². The van der Waals surface area contributed by atoms with Crippen molar-refractivity contribution in [3.05, 3.63) is 29.8 Å². The molecule has 3 heteroatoms. The molecule has 0 radical (unpaired) electrons. The lowest BCUT2D eigenvalue weighted by Crippen LogP contribution is -2.42. The predicted molar refractivity (Wildman–Crippen MR) is 67.4 cm³/mol. The summed E-state index contributed by atoms with van der Waals surface area (Å²) in [7, 11) is 1.78. The SMILES string of the molecule is Cc1ccc(N(C)C(=O)C(C)(C)CN)cc1. The van der Waals surface area contributed by atoms with Crippen LogP contribution in [0, 0.1) is 12.3 Å². The van der Waals surface area contributed by atoms with Gasteiger partial charge in [0, 0.05) is 19.3 Å². The third kappa shape index (κ3) is 2.61. The van der Waals surface area contributed by atoms with Crippen LogP contribution < -0.4 is 10.6 Å². The summed E-state index contributed by atoms with van der Waals surface area (Å²) in [4.78, 5) is 13.8. The van der Waals surface area contributed by atoms with Gasteiger partial charge in [0.15, 0.2) is 0 Å². The van der Waals surface area contributed by atoms with Crippen LogP contribution in [-0.2, 0) is 4.79 Å². The van der Waals surface area contributed by atoms with Gasteiger partial charge in [-0.05, 0) is 32.9 Å². The number of anilines is 1. The Morgan fingerprint density at radius 3 is 2.25 bits per heavy atom. The molecule has 0 atom stereocenters. The molecule has 0 aromatic heterocycles. The van der Waals surface area contributed by atoms with E-state index < -0.39 is 5.41 Å². The normalized spacial score (nSPS) is 11.3. The minimum atomic E-state index is -0.514. The number of amides is 1. The zero-order valence-corrected chi connectivity index (χ0v) is 10.4. The van der Waals surface area contributed by atoms with Crippen molar-refractivity contribution in [2.75, 3.05) is 18.5 Å². The van der Waals surface area contributed by atoms with E-state index in [1.54, 1.807) is 11.9 Å². The van der Waals surface area contributed by atoms with Crippen LogP contribution in [0.25, 0.3) is 0 Å². The molecule has 1 rings (SSSR count).